The smallest absolute Gasteiger partial charge is 0.0850 e. The molecule has 10 heavy (non-hydrogen) atoms. The van der Waals surface area contributed by atoms with Crippen molar-refractivity contribution in [3.8, 4) is 0 Å². The second-order valence-electron chi connectivity index (χ2n) is 2.57. The Balaban J connectivity index is 2.03. The van der Waals surface area contributed by atoms with E-state index >= 15 is 0 Å². The van der Waals surface area contributed by atoms with Crippen LogP contribution in [0.15, 0.2) is 24.3 Å². The van der Waals surface area contributed by atoms with Gasteiger partial charge in [-0.3, -0.25) is 0 Å². The molecule has 1 radical (unpaired) electrons. The first-order chi connectivity index (χ1) is 4.95. The summed E-state index contributed by atoms with van der Waals surface area (Å²) >= 11 is 0. The van der Waals surface area contributed by atoms with Gasteiger partial charge in [-0.05, 0) is 11.6 Å². The fourth-order valence-corrected chi connectivity index (χ4v) is 1.01. The van der Waals surface area contributed by atoms with Crippen LogP contribution in [0, 0.1) is 6.07 Å². The Morgan fingerprint density at radius 1 is 1.70 bits per heavy atom. The monoisotopic (exact) mass is 133 g/mol. The van der Waals surface area contributed by atoms with E-state index < -0.39 is 0 Å². The lowest BCUT2D eigenvalue weighted by atomic mass is 10.1. The second kappa shape index (κ2) is 2.43. The molecule has 1 aliphatic heterocycles. The molecular formula is C9H9O. The van der Waals surface area contributed by atoms with Gasteiger partial charge in [-0.2, -0.15) is 0 Å². The third kappa shape index (κ3) is 1.36. The molecule has 2 rings (SSSR count). The zero-order chi connectivity index (χ0) is 6.81. The van der Waals surface area contributed by atoms with Crippen LogP contribution in [0.3, 0.4) is 0 Å². The van der Waals surface area contributed by atoms with E-state index in [1.807, 2.05) is 18.2 Å². The highest BCUT2D eigenvalue weighted by atomic mass is 16.6. The molecule has 1 heteroatoms. The molecule has 0 spiro atoms. The van der Waals surface area contributed by atoms with E-state index in [-0.39, 0.29) is 0 Å². The van der Waals surface area contributed by atoms with E-state index in [9.17, 15) is 0 Å². The van der Waals surface area contributed by atoms with Gasteiger partial charge in [0, 0.05) is 6.42 Å². The summed E-state index contributed by atoms with van der Waals surface area (Å²) in [5, 5.41) is 0. The highest BCUT2D eigenvalue weighted by Crippen LogP contribution is 2.14. The maximum Gasteiger partial charge on any atom is 0.0850 e. The molecule has 1 aromatic rings. The predicted octanol–water partition coefficient (Wildman–Crippen LogP) is 1.43. The maximum absolute atomic E-state index is 5.10. The minimum Gasteiger partial charge on any atom is -0.373 e. The second-order valence-corrected chi connectivity index (χ2v) is 2.57. The zero-order valence-electron chi connectivity index (χ0n) is 5.71. The first kappa shape index (κ1) is 5.93. The fraction of sp³-hybridized carbons (Fsp3) is 0.333. The molecule has 1 heterocycles. The van der Waals surface area contributed by atoms with Gasteiger partial charge in [0.1, 0.15) is 0 Å². The summed E-state index contributed by atoms with van der Waals surface area (Å²) in [4.78, 5) is 0. The van der Waals surface area contributed by atoms with E-state index in [0.29, 0.717) is 6.10 Å². The van der Waals surface area contributed by atoms with Crippen molar-refractivity contribution in [1.29, 1.82) is 0 Å². The van der Waals surface area contributed by atoms with E-state index in [1.165, 1.54) is 5.56 Å². The Hall–Kier alpha value is -0.820. The van der Waals surface area contributed by atoms with Crippen LogP contribution in [0.1, 0.15) is 5.56 Å². The third-order valence-corrected chi connectivity index (χ3v) is 1.64. The van der Waals surface area contributed by atoms with Crippen molar-refractivity contribution in [2.45, 2.75) is 12.5 Å². The molecule has 1 nitrogen and oxygen atoms in total. The largest absolute Gasteiger partial charge is 0.373 e. The highest BCUT2D eigenvalue weighted by Gasteiger charge is 2.21. The molecule has 1 atom stereocenters. The number of rotatable bonds is 2. The molecule has 1 aromatic carbocycles. The molecule has 0 amide bonds. The average Bonchev–Trinajstić information content (AvgIpc) is 2.74. The van der Waals surface area contributed by atoms with Crippen LogP contribution < -0.4 is 0 Å². The molecule has 0 bridgehead atoms. The van der Waals surface area contributed by atoms with Gasteiger partial charge in [-0.15, -0.1) is 0 Å². The van der Waals surface area contributed by atoms with Crippen molar-refractivity contribution in [3.63, 3.8) is 0 Å². The maximum atomic E-state index is 5.10. The molecule has 1 aliphatic rings. The van der Waals surface area contributed by atoms with E-state index in [2.05, 4.69) is 12.1 Å². The minimum atomic E-state index is 0.496. The van der Waals surface area contributed by atoms with E-state index in [1.54, 1.807) is 0 Å². The van der Waals surface area contributed by atoms with Crippen molar-refractivity contribution >= 4 is 0 Å². The summed E-state index contributed by atoms with van der Waals surface area (Å²) in [6.45, 7) is 0.939. The summed E-state index contributed by atoms with van der Waals surface area (Å²) in [7, 11) is 0. The number of benzene rings is 1. The lowest BCUT2D eigenvalue weighted by Gasteiger charge is -1.93. The van der Waals surface area contributed by atoms with Gasteiger partial charge in [0.2, 0.25) is 0 Å². The standard InChI is InChI=1S/C9H9O/c1-2-4-8(5-3-1)6-9-7-10-9/h1-2,4-5,9H,6-7H2. The van der Waals surface area contributed by atoms with Crippen LogP contribution in [-0.2, 0) is 11.2 Å². The summed E-state index contributed by atoms with van der Waals surface area (Å²) in [5.41, 5.74) is 1.32. The number of hydrogen-bond donors (Lipinski definition) is 0. The van der Waals surface area contributed by atoms with Crippen molar-refractivity contribution in [1.82, 2.24) is 0 Å². The summed E-state index contributed by atoms with van der Waals surface area (Å²) in [6.07, 6.45) is 1.55. The minimum absolute atomic E-state index is 0.496. The van der Waals surface area contributed by atoms with Gasteiger partial charge >= 0.3 is 0 Å². The fourth-order valence-electron chi connectivity index (χ4n) is 1.01. The number of ether oxygens (including phenoxy) is 1. The van der Waals surface area contributed by atoms with Crippen LogP contribution in [-0.4, -0.2) is 12.7 Å². The quantitative estimate of drug-likeness (QED) is 0.556. The van der Waals surface area contributed by atoms with Crippen LogP contribution in [0.25, 0.3) is 0 Å². The summed E-state index contributed by atoms with van der Waals surface area (Å²) in [5.74, 6) is 0. The van der Waals surface area contributed by atoms with Gasteiger partial charge in [0.05, 0.1) is 12.7 Å². The summed E-state index contributed by atoms with van der Waals surface area (Å²) < 4.78 is 5.10. The molecular weight excluding hydrogens is 124 g/mol. The normalized spacial score (nSPS) is 22.6. The van der Waals surface area contributed by atoms with Crippen LogP contribution >= 0.6 is 0 Å². The zero-order valence-corrected chi connectivity index (χ0v) is 5.71. The summed E-state index contributed by atoms with van der Waals surface area (Å²) in [6, 6.07) is 11.1. The first-order valence-corrected chi connectivity index (χ1v) is 3.52. The molecule has 0 aliphatic carbocycles. The Labute approximate surface area is 60.6 Å². The van der Waals surface area contributed by atoms with Crippen LogP contribution in [0.5, 0.6) is 0 Å². The van der Waals surface area contributed by atoms with Gasteiger partial charge in [-0.25, -0.2) is 0 Å². The van der Waals surface area contributed by atoms with Gasteiger partial charge in [0.15, 0.2) is 0 Å². The lowest BCUT2D eigenvalue weighted by molar-refractivity contribution is 0.407. The molecule has 1 fully saturated rings. The Kier molecular flexibility index (Phi) is 1.44. The molecule has 1 unspecified atom stereocenters. The van der Waals surface area contributed by atoms with Crippen molar-refractivity contribution in [2.75, 3.05) is 6.61 Å². The average molecular weight is 133 g/mol. The SMILES string of the molecule is [c]1cccc(CC2CO2)c1. The molecule has 0 aromatic heterocycles. The van der Waals surface area contributed by atoms with Gasteiger partial charge in [-0.1, -0.05) is 24.3 Å². The molecule has 0 N–H and O–H groups in total. The van der Waals surface area contributed by atoms with Gasteiger partial charge in [0.25, 0.3) is 0 Å². The van der Waals surface area contributed by atoms with Gasteiger partial charge < -0.3 is 4.74 Å². The third-order valence-electron chi connectivity index (χ3n) is 1.64. The molecule has 51 valence electrons. The van der Waals surface area contributed by atoms with Crippen molar-refractivity contribution in [2.24, 2.45) is 0 Å². The molecule has 0 saturated carbocycles. The van der Waals surface area contributed by atoms with E-state index in [0.717, 1.165) is 13.0 Å². The molecule has 1 saturated heterocycles. The Bertz CT molecular complexity index is 201. The lowest BCUT2D eigenvalue weighted by Crippen LogP contribution is -1.91. The number of hydrogen-bond acceptors (Lipinski definition) is 1. The number of epoxide rings is 1. The van der Waals surface area contributed by atoms with Crippen molar-refractivity contribution < 1.29 is 4.74 Å². The van der Waals surface area contributed by atoms with Crippen LogP contribution in [0.2, 0.25) is 0 Å². The van der Waals surface area contributed by atoms with Crippen LogP contribution in [0.4, 0.5) is 0 Å². The first-order valence-electron chi connectivity index (χ1n) is 3.52. The topological polar surface area (TPSA) is 12.5 Å². The Morgan fingerprint density at radius 2 is 2.60 bits per heavy atom. The van der Waals surface area contributed by atoms with E-state index in [4.69, 9.17) is 4.74 Å². The highest BCUT2D eigenvalue weighted by molar-refractivity contribution is 5.15. The Morgan fingerprint density at radius 3 is 3.20 bits per heavy atom. The predicted molar refractivity (Wildman–Crippen MR) is 38.7 cm³/mol. The van der Waals surface area contributed by atoms with Crippen molar-refractivity contribution in [3.05, 3.63) is 35.9 Å².